The van der Waals surface area contributed by atoms with Gasteiger partial charge in [0.25, 0.3) is 0 Å². The van der Waals surface area contributed by atoms with E-state index in [0.29, 0.717) is 36.6 Å². The molecule has 1 N–H and O–H groups in total. The number of amides is 1. The molecule has 1 aliphatic heterocycles. The van der Waals surface area contributed by atoms with E-state index in [4.69, 9.17) is 16.3 Å². The molecule has 1 fully saturated rings. The number of aromatic nitrogens is 2. The second-order valence-corrected chi connectivity index (χ2v) is 6.41. The molecule has 2 heterocycles. The number of carbonyl (C=O) groups excluding carboxylic acids is 1. The summed E-state index contributed by atoms with van der Waals surface area (Å²) in [6.45, 7) is 2.49. The van der Waals surface area contributed by atoms with Gasteiger partial charge in [0.2, 0.25) is 0 Å². The summed E-state index contributed by atoms with van der Waals surface area (Å²) in [4.78, 5) is 22.1. The van der Waals surface area contributed by atoms with Crippen molar-refractivity contribution in [3.63, 3.8) is 0 Å². The molecule has 0 atom stereocenters. The smallest absolute Gasteiger partial charge is 0.410 e. The van der Waals surface area contributed by atoms with Gasteiger partial charge in [-0.15, -0.1) is 0 Å². The lowest BCUT2D eigenvalue weighted by Gasteiger charge is -2.31. The number of nitrogens with one attached hydrogen (secondary N) is 1. The van der Waals surface area contributed by atoms with Crippen LogP contribution in [0.25, 0.3) is 0 Å². The highest BCUT2D eigenvalue weighted by molar-refractivity contribution is 6.31. The van der Waals surface area contributed by atoms with Crippen molar-refractivity contribution in [1.29, 1.82) is 0 Å². The van der Waals surface area contributed by atoms with Gasteiger partial charge in [0, 0.05) is 32.0 Å². The van der Waals surface area contributed by atoms with Crippen LogP contribution in [0.2, 0.25) is 5.15 Å². The Labute approximate surface area is 152 Å². The van der Waals surface area contributed by atoms with Crippen LogP contribution in [0.4, 0.5) is 10.6 Å². The molecule has 1 saturated heterocycles. The second kappa shape index (κ2) is 8.67. The average molecular weight is 361 g/mol. The fraction of sp³-hybridized carbons (Fsp3) is 0.389. The molecule has 6 nitrogen and oxygen atoms in total. The van der Waals surface area contributed by atoms with Crippen LogP contribution in [0.5, 0.6) is 0 Å². The number of benzene rings is 1. The van der Waals surface area contributed by atoms with Gasteiger partial charge < -0.3 is 15.0 Å². The molecule has 1 aromatic heterocycles. The number of ether oxygens (including phenoxy) is 1. The third kappa shape index (κ3) is 5.06. The van der Waals surface area contributed by atoms with Gasteiger partial charge in [-0.3, -0.25) is 0 Å². The number of anilines is 1. The first kappa shape index (κ1) is 17.5. The number of hydrogen-bond donors (Lipinski definition) is 1. The topological polar surface area (TPSA) is 67.3 Å². The summed E-state index contributed by atoms with van der Waals surface area (Å²) in [5.41, 5.74) is 0.996. The molecule has 1 aromatic carbocycles. The van der Waals surface area contributed by atoms with Crippen LogP contribution in [0.15, 0.2) is 42.7 Å². The molecular weight excluding hydrogens is 340 g/mol. The van der Waals surface area contributed by atoms with E-state index in [2.05, 4.69) is 15.3 Å². The van der Waals surface area contributed by atoms with Crippen molar-refractivity contribution in [2.24, 2.45) is 5.92 Å². The number of piperidine rings is 1. The molecule has 0 bridgehead atoms. The van der Waals surface area contributed by atoms with E-state index >= 15 is 0 Å². The zero-order valence-corrected chi connectivity index (χ0v) is 14.7. The van der Waals surface area contributed by atoms with Crippen molar-refractivity contribution in [1.82, 2.24) is 14.9 Å². The maximum atomic E-state index is 12.2. The third-order valence-corrected chi connectivity index (χ3v) is 4.57. The fourth-order valence-electron chi connectivity index (χ4n) is 2.81. The summed E-state index contributed by atoms with van der Waals surface area (Å²) >= 11 is 5.99. The Morgan fingerprint density at radius 1 is 1.20 bits per heavy atom. The van der Waals surface area contributed by atoms with Crippen molar-refractivity contribution >= 4 is 23.5 Å². The number of likely N-dealkylation sites (tertiary alicyclic amines) is 1. The van der Waals surface area contributed by atoms with E-state index < -0.39 is 0 Å². The highest BCUT2D eigenvalue weighted by Crippen LogP contribution is 2.20. The molecule has 25 heavy (non-hydrogen) atoms. The fourth-order valence-corrected chi connectivity index (χ4v) is 2.98. The second-order valence-electron chi connectivity index (χ2n) is 6.05. The Morgan fingerprint density at radius 3 is 2.64 bits per heavy atom. The molecule has 0 aliphatic carbocycles. The van der Waals surface area contributed by atoms with Crippen LogP contribution in [-0.2, 0) is 11.3 Å². The van der Waals surface area contributed by atoms with E-state index in [1.54, 1.807) is 17.3 Å². The van der Waals surface area contributed by atoms with Gasteiger partial charge in [0.15, 0.2) is 11.0 Å². The van der Waals surface area contributed by atoms with Crippen molar-refractivity contribution in [2.45, 2.75) is 19.4 Å². The molecule has 1 amide bonds. The van der Waals surface area contributed by atoms with Crippen molar-refractivity contribution in [3.8, 4) is 0 Å². The maximum absolute atomic E-state index is 12.2. The Bertz CT molecular complexity index is 690. The van der Waals surface area contributed by atoms with E-state index in [0.717, 1.165) is 24.9 Å². The zero-order chi connectivity index (χ0) is 17.5. The Kier molecular flexibility index (Phi) is 6.06. The maximum Gasteiger partial charge on any atom is 0.410 e. The van der Waals surface area contributed by atoms with Gasteiger partial charge in [-0.05, 0) is 24.3 Å². The van der Waals surface area contributed by atoms with Crippen LogP contribution < -0.4 is 5.32 Å². The molecule has 3 rings (SSSR count). The SMILES string of the molecule is O=C(OCc1ccccc1)N1CCC(CNc2nccnc2Cl)CC1. The van der Waals surface area contributed by atoms with Gasteiger partial charge >= 0.3 is 6.09 Å². The highest BCUT2D eigenvalue weighted by atomic mass is 35.5. The van der Waals surface area contributed by atoms with Gasteiger partial charge in [-0.1, -0.05) is 41.9 Å². The van der Waals surface area contributed by atoms with Crippen LogP contribution in [-0.4, -0.2) is 40.6 Å². The van der Waals surface area contributed by atoms with Crippen molar-refractivity contribution in [3.05, 3.63) is 53.4 Å². The Morgan fingerprint density at radius 2 is 1.92 bits per heavy atom. The van der Waals surface area contributed by atoms with Crippen LogP contribution in [0.3, 0.4) is 0 Å². The lowest BCUT2D eigenvalue weighted by Crippen LogP contribution is -2.40. The molecular formula is C18H21ClN4O2. The minimum absolute atomic E-state index is 0.243. The summed E-state index contributed by atoms with van der Waals surface area (Å²) in [5, 5.41) is 3.61. The number of rotatable bonds is 5. The highest BCUT2D eigenvalue weighted by Gasteiger charge is 2.23. The summed E-state index contributed by atoms with van der Waals surface area (Å²) < 4.78 is 5.38. The first-order valence-electron chi connectivity index (χ1n) is 8.38. The van der Waals surface area contributed by atoms with Crippen LogP contribution in [0, 0.1) is 5.92 Å². The number of halogens is 1. The summed E-state index contributed by atoms with van der Waals surface area (Å²) in [7, 11) is 0. The van der Waals surface area contributed by atoms with E-state index in [9.17, 15) is 4.79 Å². The van der Waals surface area contributed by atoms with E-state index in [-0.39, 0.29) is 6.09 Å². The van der Waals surface area contributed by atoms with E-state index in [1.807, 2.05) is 30.3 Å². The molecule has 1 aliphatic rings. The Balaban J connectivity index is 1.39. The first-order chi connectivity index (χ1) is 12.2. The van der Waals surface area contributed by atoms with Crippen LogP contribution in [0.1, 0.15) is 18.4 Å². The first-order valence-corrected chi connectivity index (χ1v) is 8.76. The predicted molar refractivity (Wildman–Crippen MR) is 96.5 cm³/mol. The minimum Gasteiger partial charge on any atom is -0.445 e. The molecule has 2 aromatic rings. The molecule has 7 heteroatoms. The lowest BCUT2D eigenvalue weighted by atomic mass is 9.97. The molecule has 0 saturated carbocycles. The van der Waals surface area contributed by atoms with Gasteiger partial charge in [0.05, 0.1) is 0 Å². The van der Waals surface area contributed by atoms with Crippen LogP contribution >= 0.6 is 11.6 Å². The number of carbonyl (C=O) groups is 1. The van der Waals surface area contributed by atoms with E-state index in [1.165, 1.54) is 0 Å². The summed E-state index contributed by atoms with van der Waals surface area (Å²) in [6, 6.07) is 9.71. The quantitative estimate of drug-likeness (QED) is 0.882. The zero-order valence-electron chi connectivity index (χ0n) is 13.9. The summed E-state index contributed by atoms with van der Waals surface area (Å²) in [6.07, 6.45) is 4.77. The normalized spacial score (nSPS) is 15.0. The monoisotopic (exact) mass is 360 g/mol. The average Bonchev–Trinajstić information content (AvgIpc) is 2.67. The number of hydrogen-bond acceptors (Lipinski definition) is 5. The van der Waals surface area contributed by atoms with Crippen molar-refractivity contribution < 1.29 is 9.53 Å². The molecule has 0 radical (unpaired) electrons. The third-order valence-electron chi connectivity index (χ3n) is 4.29. The number of nitrogens with zero attached hydrogens (tertiary/aromatic N) is 3. The molecule has 0 unspecified atom stereocenters. The van der Waals surface area contributed by atoms with Gasteiger partial charge in [-0.25, -0.2) is 14.8 Å². The minimum atomic E-state index is -0.243. The van der Waals surface area contributed by atoms with Crippen molar-refractivity contribution in [2.75, 3.05) is 25.0 Å². The van der Waals surface area contributed by atoms with Gasteiger partial charge in [0.1, 0.15) is 6.61 Å². The standard InChI is InChI=1S/C18H21ClN4O2/c19-16-17(21-9-8-20-16)22-12-14-6-10-23(11-7-14)18(24)25-13-15-4-2-1-3-5-15/h1-5,8-9,14H,6-7,10-13H2,(H,21,22). The molecule has 132 valence electrons. The predicted octanol–water partition coefficient (Wildman–Crippen LogP) is 3.59. The molecule has 0 spiro atoms. The summed E-state index contributed by atoms with van der Waals surface area (Å²) in [5.74, 6) is 1.07. The van der Waals surface area contributed by atoms with Gasteiger partial charge in [-0.2, -0.15) is 0 Å². The Hall–Kier alpha value is -2.34. The largest absolute Gasteiger partial charge is 0.445 e. The lowest BCUT2D eigenvalue weighted by molar-refractivity contribution is 0.0832.